The van der Waals surface area contributed by atoms with Crippen LogP contribution in [0.25, 0.3) is 0 Å². The zero-order chi connectivity index (χ0) is 12.1. The number of hydrogen-bond donors (Lipinski definition) is 2. The Morgan fingerprint density at radius 2 is 2.06 bits per heavy atom. The SMILES string of the molecule is CC1CCCNC1CC(=O)NN1CCCCC1. The fraction of sp³-hybridized carbons (Fsp3) is 0.923. The third-order valence-electron chi connectivity index (χ3n) is 3.97. The minimum absolute atomic E-state index is 0.179. The number of carbonyl (C=O) groups is 1. The van der Waals surface area contributed by atoms with Crippen LogP contribution in [0.4, 0.5) is 0 Å². The van der Waals surface area contributed by atoms with Crippen LogP contribution in [0.15, 0.2) is 0 Å². The monoisotopic (exact) mass is 239 g/mol. The topological polar surface area (TPSA) is 44.4 Å². The number of nitrogens with one attached hydrogen (secondary N) is 2. The maximum absolute atomic E-state index is 11.9. The highest BCUT2D eigenvalue weighted by Crippen LogP contribution is 2.18. The number of amides is 1. The van der Waals surface area contributed by atoms with Gasteiger partial charge in [-0.3, -0.25) is 10.2 Å². The normalized spacial score (nSPS) is 31.1. The van der Waals surface area contributed by atoms with Gasteiger partial charge in [-0.05, 0) is 38.1 Å². The average molecular weight is 239 g/mol. The third kappa shape index (κ3) is 3.96. The molecule has 0 spiro atoms. The second-order valence-corrected chi connectivity index (χ2v) is 5.47. The van der Waals surface area contributed by atoms with Gasteiger partial charge in [-0.2, -0.15) is 0 Å². The lowest BCUT2D eigenvalue weighted by Crippen LogP contribution is -2.49. The molecule has 0 saturated carbocycles. The molecule has 1 amide bonds. The smallest absolute Gasteiger partial charge is 0.235 e. The third-order valence-corrected chi connectivity index (χ3v) is 3.97. The summed E-state index contributed by atoms with van der Waals surface area (Å²) < 4.78 is 0. The van der Waals surface area contributed by atoms with Gasteiger partial charge in [0.2, 0.25) is 5.91 Å². The molecule has 0 aromatic carbocycles. The van der Waals surface area contributed by atoms with Crippen LogP contribution in [-0.4, -0.2) is 36.6 Å². The number of hydrogen-bond acceptors (Lipinski definition) is 3. The Bertz CT molecular complexity index is 251. The highest BCUT2D eigenvalue weighted by atomic mass is 16.2. The van der Waals surface area contributed by atoms with E-state index in [1.54, 1.807) is 0 Å². The zero-order valence-electron chi connectivity index (χ0n) is 10.9. The quantitative estimate of drug-likeness (QED) is 0.780. The second-order valence-electron chi connectivity index (χ2n) is 5.47. The van der Waals surface area contributed by atoms with Crippen molar-refractivity contribution in [3.8, 4) is 0 Å². The number of hydrazine groups is 1. The van der Waals surface area contributed by atoms with Crippen LogP contribution in [0.1, 0.15) is 45.4 Å². The molecule has 2 atom stereocenters. The Hall–Kier alpha value is -0.610. The van der Waals surface area contributed by atoms with E-state index in [4.69, 9.17) is 0 Å². The molecular formula is C13H25N3O. The standard InChI is InChI=1S/C13H25N3O/c1-11-6-5-7-14-12(11)10-13(17)15-16-8-3-2-4-9-16/h11-12,14H,2-10H2,1H3,(H,15,17). The van der Waals surface area contributed by atoms with E-state index in [1.165, 1.54) is 32.1 Å². The van der Waals surface area contributed by atoms with Crippen molar-refractivity contribution in [1.29, 1.82) is 0 Å². The molecule has 4 nitrogen and oxygen atoms in total. The van der Waals surface area contributed by atoms with Gasteiger partial charge < -0.3 is 5.32 Å². The van der Waals surface area contributed by atoms with Crippen LogP contribution in [0.2, 0.25) is 0 Å². The number of nitrogens with zero attached hydrogens (tertiary/aromatic N) is 1. The van der Waals surface area contributed by atoms with Crippen LogP contribution >= 0.6 is 0 Å². The molecule has 4 heteroatoms. The summed E-state index contributed by atoms with van der Waals surface area (Å²) in [6.07, 6.45) is 6.82. The number of carbonyl (C=O) groups excluding carboxylic acids is 1. The minimum atomic E-state index is 0.179. The van der Waals surface area contributed by atoms with E-state index in [0.29, 0.717) is 18.4 Å². The van der Waals surface area contributed by atoms with Crippen molar-refractivity contribution in [1.82, 2.24) is 15.8 Å². The van der Waals surface area contributed by atoms with Crippen molar-refractivity contribution in [2.45, 2.75) is 51.5 Å². The van der Waals surface area contributed by atoms with Crippen LogP contribution in [0, 0.1) is 5.92 Å². The van der Waals surface area contributed by atoms with Gasteiger partial charge in [-0.25, -0.2) is 5.01 Å². The predicted molar refractivity (Wildman–Crippen MR) is 68.4 cm³/mol. The van der Waals surface area contributed by atoms with Gasteiger partial charge in [0.1, 0.15) is 0 Å². The molecule has 2 aliphatic rings. The lowest BCUT2D eigenvalue weighted by Gasteiger charge is -2.31. The Kier molecular flexibility index (Phi) is 4.80. The first-order valence-corrected chi connectivity index (χ1v) is 7.03. The molecule has 17 heavy (non-hydrogen) atoms. The zero-order valence-corrected chi connectivity index (χ0v) is 10.9. The fourth-order valence-electron chi connectivity index (χ4n) is 2.81. The largest absolute Gasteiger partial charge is 0.313 e. The summed E-state index contributed by atoms with van der Waals surface area (Å²) in [7, 11) is 0. The van der Waals surface area contributed by atoms with E-state index < -0.39 is 0 Å². The van der Waals surface area contributed by atoms with Gasteiger partial charge in [0.15, 0.2) is 0 Å². The van der Waals surface area contributed by atoms with E-state index in [0.717, 1.165) is 19.6 Å². The van der Waals surface area contributed by atoms with Crippen molar-refractivity contribution >= 4 is 5.91 Å². The molecule has 2 fully saturated rings. The fourth-order valence-corrected chi connectivity index (χ4v) is 2.81. The van der Waals surface area contributed by atoms with E-state index in [-0.39, 0.29) is 5.91 Å². The minimum Gasteiger partial charge on any atom is -0.313 e. The van der Waals surface area contributed by atoms with Crippen LogP contribution in [0.3, 0.4) is 0 Å². The van der Waals surface area contributed by atoms with Gasteiger partial charge in [-0.1, -0.05) is 13.3 Å². The Balaban J connectivity index is 1.72. The molecule has 2 aliphatic heterocycles. The van der Waals surface area contributed by atoms with Crippen LogP contribution in [-0.2, 0) is 4.79 Å². The molecule has 0 aromatic rings. The summed E-state index contributed by atoms with van der Waals surface area (Å²) in [5.41, 5.74) is 3.04. The highest BCUT2D eigenvalue weighted by molar-refractivity contribution is 5.76. The lowest BCUT2D eigenvalue weighted by molar-refractivity contribution is -0.127. The summed E-state index contributed by atoms with van der Waals surface area (Å²) in [5, 5.41) is 5.54. The van der Waals surface area contributed by atoms with Crippen molar-refractivity contribution < 1.29 is 4.79 Å². The highest BCUT2D eigenvalue weighted by Gasteiger charge is 2.24. The summed E-state index contributed by atoms with van der Waals surface area (Å²) >= 11 is 0. The number of piperidine rings is 2. The molecule has 0 bridgehead atoms. The Morgan fingerprint density at radius 1 is 1.29 bits per heavy atom. The maximum Gasteiger partial charge on any atom is 0.235 e. The predicted octanol–water partition coefficient (Wildman–Crippen LogP) is 1.28. The van der Waals surface area contributed by atoms with Crippen molar-refractivity contribution in [3.05, 3.63) is 0 Å². The number of rotatable bonds is 3. The molecule has 2 saturated heterocycles. The van der Waals surface area contributed by atoms with E-state index in [9.17, 15) is 4.79 Å². The van der Waals surface area contributed by atoms with Crippen LogP contribution < -0.4 is 10.7 Å². The lowest BCUT2D eigenvalue weighted by atomic mass is 9.90. The van der Waals surface area contributed by atoms with Gasteiger partial charge in [0, 0.05) is 25.6 Å². The van der Waals surface area contributed by atoms with E-state index >= 15 is 0 Å². The van der Waals surface area contributed by atoms with Gasteiger partial charge in [-0.15, -0.1) is 0 Å². The molecule has 2 unspecified atom stereocenters. The molecule has 0 radical (unpaired) electrons. The first kappa shape index (κ1) is 12.8. The van der Waals surface area contributed by atoms with Gasteiger partial charge in [0.25, 0.3) is 0 Å². The van der Waals surface area contributed by atoms with Crippen molar-refractivity contribution in [2.75, 3.05) is 19.6 Å². The van der Waals surface area contributed by atoms with Gasteiger partial charge in [0.05, 0.1) is 0 Å². The average Bonchev–Trinajstić information content (AvgIpc) is 2.33. The molecule has 0 aromatic heterocycles. The Labute approximate surface area is 104 Å². The first-order valence-electron chi connectivity index (χ1n) is 7.03. The summed E-state index contributed by atoms with van der Waals surface area (Å²) in [4.78, 5) is 11.9. The molecule has 2 heterocycles. The van der Waals surface area contributed by atoms with Crippen LogP contribution in [0.5, 0.6) is 0 Å². The van der Waals surface area contributed by atoms with E-state index in [2.05, 4.69) is 22.7 Å². The van der Waals surface area contributed by atoms with Crippen molar-refractivity contribution in [3.63, 3.8) is 0 Å². The maximum atomic E-state index is 11.9. The summed E-state index contributed by atoms with van der Waals surface area (Å²) in [6, 6.07) is 0.369. The second kappa shape index (κ2) is 6.36. The van der Waals surface area contributed by atoms with E-state index in [1.807, 2.05) is 0 Å². The molecule has 0 aliphatic carbocycles. The molecule has 98 valence electrons. The molecule has 2 rings (SSSR count). The molecule has 2 N–H and O–H groups in total. The first-order chi connectivity index (χ1) is 8.25. The summed E-state index contributed by atoms with van der Waals surface area (Å²) in [5.74, 6) is 0.800. The van der Waals surface area contributed by atoms with Gasteiger partial charge >= 0.3 is 0 Å². The molecular weight excluding hydrogens is 214 g/mol. The Morgan fingerprint density at radius 3 is 2.76 bits per heavy atom. The summed E-state index contributed by atoms with van der Waals surface area (Å²) in [6.45, 7) is 5.33. The van der Waals surface area contributed by atoms with Crippen molar-refractivity contribution in [2.24, 2.45) is 5.92 Å².